The van der Waals surface area contributed by atoms with Crippen LogP contribution >= 0.6 is 0 Å². The van der Waals surface area contributed by atoms with Crippen molar-refractivity contribution in [1.29, 1.82) is 0 Å². The highest BCUT2D eigenvalue weighted by Gasteiger charge is 2.37. The van der Waals surface area contributed by atoms with E-state index < -0.39 is 0 Å². The van der Waals surface area contributed by atoms with E-state index in [1.54, 1.807) is 6.21 Å². The summed E-state index contributed by atoms with van der Waals surface area (Å²) in [6.07, 6.45) is 10.7. The van der Waals surface area contributed by atoms with Gasteiger partial charge in [0, 0.05) is 25.0 Å². The van der Waals surface area contributed by atoms with Crippen LogP contribution in [0.5, 0.6) is 0 Å². The van der Waals surface area contributed by atoms with Gasteiger partial charge in [-0.2, -0.15) is 0 Å². The quantitative estimate of drug-likeness (QED) is 0.758. The Morgan fingerprint density at radius 2 is 2.20 bits per heavy atom. The number of carbonyl (C=O) groups is 1. The zero-order chi connectivity index (χ0) is 14.4. The number of hydrogen-bond acceptors (Lipinski definition) is 3. The molecule has 2 N–H and O–H groups in total. The van der Waals surface area contributed by atoms with Gasteiger partial charge in [0.25, 0.3) is 0 Å². The van der Waals surface area contributed by atoms with Crippen LogP contribution in [0.1, 0.15) is 52.4 Å². The van der Waals surface area contributed by atoms with Crippen LogP contribution in [0, 0.1) is 5.92 Å². The van der Waals surface area contributed by atoms with Crippen LogP contribution in [-0.4, -0.2) is 30.8 Å². The Morgan fingerprint density at radius 3 is 2.95 bits per heavy atom. The maximum atomic E-state index is 12.2. The zero-order valence-corrected chi connectivity index (χ0v) is 12.7. The summed E-state index contributed by atoms with van der Waals surface area (Å²) in [5.41, 5.74) is 1.19. The largest absolute Gasteiger partial charge is 0.354 e. The summed E-state index contributed by atoms with van der Waals surface area (Å²) >= 11 is 0. The van der Waals surface area contributed by atoms with Crippen molar-refractivity contribution in [2.24, 2.45) is 10.9 Å². The number of nitrogens with one attached hydrogen (secondary N) is 2. The molecule has 0 spiro atoms. The lowest BCUT2D eigenvalue weighted by Crippen LogP contribution is -2.43. The van der Waals surface area contributed by atoms with Gasteiger partial charge in [-0.05, 0) is 45.4 Å². The van der Waals surface area contributed by atoms with Crippen molar-refractivity contribution in [2.45, 2.75) is 64.5 Å². The molecule has 1 heterocycles. The van der Waals surface area contributed by atoms with E-state index in [2.05, 4.69) is 15.6 Å². The third-order valence-electron chi connectivity index (χ3n) is 4.44. The van der Waals surface area contributed by atoms with Gasteiger partial charge in [0.2, 0.25) is 5.91 Å². The van der Waals surface area contributed by atoms with Crippen LogP contribution in [0.25, 0.3) is 0 Å². The van der Waals surface area contributed by atoms with Gasteiger partial charge in [0.15, 0.2) is 0 Å². The van der Waals surface area contributed by atoms with E-state index in [1.165, 1.54) is 31.3 Å². The summed E-state index contributed by atoms with van der Waals surface area (Å²) in [6.45, 7) is 4.65. The average Bonchev–Trinajstić information content (AvgIpc) is 2.89. The third-order valence-corrected chi connectivity index (χ3v) is 4.44. The van der Waals surface area contributed by atoms with Crippen LogP contribution in [0.3, 0.4) is 0 Å². The standard InChI is InChI=1S/C16H27N3O/c1-3-17-11-12(2)8-9-18-16(20)15-10-13-6-4-5-7-14(13)19-15/h3,11,13-15,19H,4-10H2,1-2H3,(H,18,20)/b12-11+,17-3?. The molecule has 1 saturated carbocycles. The molecule has 20 heavy (non-hydrogen) atoms. The minimum Gasteiger partial charge on any atom is -0.354 e. The Balaban J connectivity index is 1.70. The van der Waals surface area contributed by atoms with Crippen molar-refractivity contribution < 1.29 is 4.79 Å². The molecule has 0 aromatic rings. The third kappa shape index (κ3) is 4.17. The fraction of sp³-hybridized carbons (Fsp3) is 0.750. The van der Waals surface area contributed by atoms with Crippen molar-refractivity contribution in [2.75, 3.05) is 6.54 Å². The molecule has 2 aliphatic rings. The number of nitrogens with zero attached hydrogens (tertiary/aromatic N) is 1. The van der Waals surface area contributed by atoms with Gasteiger partial charge in [-0.15, -0.1) is 0 Å². The lowest BCUT2D eigenvalue weighted by atomic mass is 9.85. The van der Waals surface area contributed by atoms with Crippen molar-refractivity contribution in [3.63, 3.8) is 0 Å². The first-order valence-electron chi connectivity index (χ1n) is 7.88. The number of carbonyl (C=O) groups excluding carboxylic acids is 1. The fourth-order valence-electron chi connectivity index (χ4n) is 3.29. The van der Waals surface area contributed by atoms with E-state index in [4.69, 9.17) is 0 Å². The molecule has 3 unspecified atom stereocenters. The van der Waals surface area contributed by atoms with E-state index in [-0.39, 0.29) is 11.9 Å². The topological polar surface area (TPSA) is 53.5 Å². The number of fused-ring (bicyclic) bond motifs is 1. The number of rotatable bonds is 5. The van der Waals surface area contributed by atoms with Gasteiger partial charge < -0.3 is 10.6 Å². The fourth-order valence-corrected chi connectivity index (χ4v) is 3.29. The maximum absolute atomic E-state index is 12.2. The lowest BCUT2D eigenvalue weighted by molar-refractivity contribution is -0.122. The second-order valence-electron chi connectivity index (χ2n) is 6.03. The zero-order valence-electron chi connectivity index (χ0n) is 12.7. The molecule has 2 rings (SSSR count). The second-order valence-corrected chi connectivity index (χ2v) is 6.03. The Hall–Kier alpha value is -1.16. The number of aliphatic imine (C=N–C) groups is 1. The van der Waals surface area contributed by atoms with Crippen LogP contribution in [-0.2, 0) is 4.79 Å². The average molecular weight is 277 g/mol. The Morgan fingerprint density at radius 1 is 1.40 bits per heavy atom. The van der Waals surface area contributed by atoms with E-state index >= 15 is 0 Å². The van der Waals surface area contributed by atoms with Gasteiger partial charge in [0.1, 0.15) is 0 Å². The summed E-state index contributed by atoms with van der Waals surface area (Å²) in [5, 5.41) is 6.56. The second kappa shape index (κ2) is 7.58. The Bertz CT molecular complexity index is 375. The summed E-state index contributed by atoms with van der Waals surface area (Å²) in [5.74, 6) is 0.895. The summed E-state index contributed by atoms with van der Waals surface area (Å²) in [6, 6.07) is 0.612. The summed E-state index contributed by atoms with van der Waals surface area (Å²) in [7, 11) is 0. The van der Waals surface area contributed by atoms with Gasteiger partial charge in [-0.25, -0.2) is 0 Å². The molecule has 4 nitrogen and oxygen atoms in total. The molecule has 112 valence electrons. The van der Waals surface area contributed by atoms with Gasteiger partial charge >= 0.3 is 0 Å². The van der Waals surface area contributed by atoms with Crippen LogP contribution in [0.4, 0.5) is 0 Å². The van der Waals surface area contributed by atoms with Gasteiger partial charge in [0.05, 0.1) is 6.04 Å². The van der Waals surface area contributed by atoms with Crippen molar-refractivity contribution in [3.05, 3.63) is 11.8 Å². The highest BCUT2D eigenvalue weighted by atomic mass is 16.2. The van der Waals surface area contributed by atoms with Crippen molar-refractivity contribution >= 4 is 12.1 Å². The molecule has 0 aromatic heterocycles. The van der Waals surface area contributed by atoms with Crippen molar-refractivity contribution in [3.8, 4) is 0 Å². The number of amides is 1. The molecule has 1 amide bonds. The molecule has 1 aliphatic carbocycles. The van der Waals surface area contributed by atoms with E-state index in [9.17, 15) is 4.79 Å². The molecular formula is C16H27N3O. The molecule has 0 radical (unpaired) electrons. The normalized spacial score (nSPS) is 30.5. The maximum Gasteiger partial charge on any atom is 0.237 e. The van der Waals surface area contributed by atoms with E-state index in [1.807, 2.05) is 20.0 Å². The van der Waals surface area contributed by atoms with Crippen LogP contribution in [0.2, 0.25) is 0 Å². The number of hydrogen-bond donors (Lipinski definition) is 2. The first-order valence-corrected chi connectivity index (χ1v) is 7.88. The minimum absolute atomic E-state index is 0.0287. The van der Waals surface area contributed by atoms with E-state index in [0.717, 1.165) is 18.8 Å². The molecule has 1 saturated heterocycles. The predicted octanol–water partition coefficient (Wildman–Crippen LogP) is 2.41. The Labute approximate surface area is 122 Å². The molecule has 3 atom stereocenters. The summed E-state index contributed by atoms with van der Waals surface area (Å²) in [4.78, 5) is 16.2. The highest BCUT2D eigenvalue weighted by molar-refractivity contribution is 5.82. The molecule has 0 bridgehead atoms. The molecule has 4 heteroatoms. The molecule has 1 aliphatic heterocycles. The molecular weight excluding hydrogens is 250 g/mol. The predicted molar refractivity (Wildman–Crippen MR) is 82.8 cm³/mol. The monoisotopic (exact) mass is 277 g/mol. The lowest BCUT2D eigenvalue weighted by Gasteiger charge is -2.24. The van der Waals surface area contributed by atoms with Crippen LogP contribution < -0.4 is 10.6 Å². The molecule has 0 aromatic carbocycles. The van der Waals surface area contributed by atoms with Gasteiger partial charge in [-0.1, -0.05) is 18.4 Å². The highest BCUT2D eigenvalue weighted by Crippen LogP contribution is 2.33. The van der Waals surface area contributed by atoms with Gasteiger partial charge in [-0.3, -0.25) is 9.79 Å². The Kier molecular flexibility index (Phi) is 5.77. The minimum atomic E-state index is 0.0287. The summed E-state index contributed by atoms with van der Waals surface area (Å²) < 4.78 is 0. The first-order chi connectivity index (χ1) is 9.70. The van der Waals surface area contributed by atoms with Crippen molar-refractivity contribution in [1.82, 2.24) is 10.6 Å². The molecule has 2 fully saturated rings. The smallest absolute Gasteiger partial charge is 0.237 e. The van der Waals surface area contributed by atoms with Crippen LogP contribution in [0.15, 0.2) is 16.8 Å². The first kappa shape index (κ1) is 15.2. The SMILES string of the molecule is CC=N/C=C(\C)CCNC(=O)C1CC2CCCCC2N1. The van der Waals surface area contributed by atoms with E-state index in [0.29, 0.717) is 12.6 Å².